The molecule has 2 aromatic carbocycles. The number of rotatable bonds is 18. The van der Waals surface area contributed by atoms with E-state index in [1.54, 1.807) is 19.1 Å². The third-order valence-corrected chi connectivity index (χ3v) is 11.6. The highest BCUT2D eigenvalue weighted by Crippen LogP contribution is 2.49. The predicted molar refractivity (Wildman–Crippen MR) is 206 cm³/mol. The van der Waals surface area contributed by atoms with Crippen LogP contribution in [0.5, 0.6) is 11.5 Å². The summed E-state index contributed by atoms with van der Waals surface area (Å²) < 4.78 is 44.1. The number of aromatic nitrogens is 1. The van der Waals surface area contributed by atoms with Crippen molar-refractivity contribution in [3.05, 3.63) is 101 Å². The summed E-state index contributed by atoms with van der Waals surface area (Å²) in [6.45, 7) is 8.53. The number of pyridine rings is 1. The maximum absolute atomic E-state index is 12.2. The van der Waals surface area contributed by atoms with Gasteiger partial charge in [-0.15, -0.1) is 0 Å². The van der Waals surface area contributed by atoms with Crippen molar-refractivity contribution < 1.29 is 37.9 Å². The van der Waals surface area contributed by atoms with Gasteiger partial charge in [0.15, 0.2) is 9.84 Å². The summed E-state index contributed by atoms with van der Waals surface area (Å²) in [7, 11) is -3.48. The van der Waals surface area contributed by atoms with Crippen LogP contribution in [0.1, 0.15) is 50.3 Å². The van der Waals surface area contributed by atoms with Crippen LogP contribution < -0.4 is 14.8 Å². The van der Waals surface area contributed by atoms with Crippen LogP contribution in [0.2, 0.25) is 5.02 Å². The smallest absolute Gasteiger partial charge is 0.177 e. The normalized spacial score (nSPS) is 20.4. The molecule has 1 aliphatic carbocycles. The van der Waals surface area contributed by atoms with Crippen molar-refractivity contribution in [3.63, 3.8) is 0 Å². The van der Waals surface area contributed by atoms with E-state index in [9.17, 15) is 23.7 Å². The number of halogens is 1. The number of ether oxygens (including phenoxy) is 3. The topological polar surface area (TPSA) is 151 Å². The van der Waals surface area contributed by atoms with E-state index in [1.807, 2.05) is 24.3 Å². The first-order valence-corrected chi connectivity index (χ1v) is 20.1. The van der Waals surface area contributed by atoms with E-state index in [1.165, 1.54) is 18.5 Å². The Morgan fingerprint density at radius 1 is 1.08 bits per heavy atom. The van der Waals surface area contributed by atoms with Crippen LogP contribution in [0.25, 0.3) is 5.57 Å². The molecule has 0 amide bonds. The average Bonchev–Trinajstić information content (AvgIpc) is 3.56. The van der Waals surface area contributed by atoms with Crippen molar-refractivity contribution in [1.29, 1.82) is 0 Å². The minimum atomic E-state index is -3.48. The lowest BCUT2D eigenvalue weighted by Gasteiger charge is -2.47. The zero-order chi connectivity index (χ0) is 38.3. The molecule has 0 spiro atoms. The molecule has 1 aliphatic heterocycles. The Kier molecular flexibility index (Phi) is 13.4. The number of hydrogen-bond acceptors (Lipinski definition) is 11. The molecule has 1 fully saturated rings. The summed E-state index contributed by atoms with van der Waals surface area (Å²) >= 11 is 6.90. The highest BCUT2D eigenvalue weighted by Gasteiger charge is 2.49. The van der Waals surface area contributed by atoms with Gasteiger partial charge in [-0.1, -0.05) is 67.9 Å². The molecule has 5 rings (SSSR count). The van der Waals surface area contributed by atoms with Crippen LogP contribution in [-0.2, 0) is 27.7 Å². The van der Waals surface area contributed by atoms with Gasteiger partial charge < -0.3 is 39.7 Å². The number of nitrogens with one attached hydrogen (secondary N) is 1. The molecule has 1 saturated heterocycles. The lowest BCUT2D eigenvalue weighted by Crippen LogP contribution is -2.52. The molecule has 0 radical (unpaired) electrons. The first-order valence-electron chi connectivity index (χ1n) is 17.9. The summed E-state index contributed by atoms with van der Waals surface area (Å²) in [5.41, 5.74) is 0.956. The second kappa shape index (κ2) is 17.4. The van der Waals surface area contributed by atoms with Crippen molar-refractivity contribution in [2.24, 2.45) is 5.41 Å². The Bertz CT molecular complexity index is 1870. The van der Waals surface area contributed by atoms with Crippen LogP contribution >= 0.6 is 11.6 Å². The number of hydrogen-bond donors (Lipinski definition) is 4. The highest BCUT2D eigenvalue weighted by atomic mass is 35.5. The van der Waals surface area contributed by atoms with Crippen molar-refractivity contribution in [1.82, 2.24) is 15.2 Å². The Hall–Kier alpha value is -3.33. The zero-order valence-electron chi connectivity index (χ0n) is 30.9. The van der Waals surface area contributed by atoms with E-state index in [-0.39, 0.29) is 44.0 Å². The van der Waals surface area contributed by atoms with Crippen molar-refractivity contribution in [3.8, 4) is 11.5 Å². The number of β-amino-alcohol motifs (C(OH)–C–C–N with tert-alkyl or cyclic N) is 1. The van der Waals surface area contributed by atoms with E-state index >= 15 is 0 Å². The van der Waals surface area contributed by atoms with Gasteiger partial charge in [-0.2, -0.15) is 0 Å². The molecule has 11 nitrogen and oxygen atoms in total. The molecule has 2 aliphatic rings. The number of benzene rings is 2. The maximum atomic E-state index is 12.2. The van der Waals surface area contributed by atoms with E-state index in [2.05, 4.69) is 53.3 Å². The fraction of sp³-hybridized carbons (Fsp3) is 0.475. The largest absolute Gasteiger partial charge is 0.488 e. The Balaban J connectivity index is 1.43. The van der Waals surface area contributed by atoms with Crippen LogP contribution in [0.15, 0.2) is 84.0 Å². The van der Waals surface area contributed by atoms with E-state index in [0.29, 0.717) is 40.8 Å². The van der Waals surface area contributed by atoms with Crippen molar-refractivity contribution >= 4 is 27.0 Å². The van der Waals surface area contributed by atoms with E-state index in [0.717, 1.165) is 43.3 Å². The average molecular weight is 770 g/mol. The summed E-state index contributed by atoms with van der Waals surface area (Å²) in [6, 6.07) is 15.1. The number of allylic oxidation sites excluding steroid dienone is 2. The maximum Gasteiger partial charge on any atom is 0.177 e. The fourth-order valence-electron chi connectivity index (χ4n) is 6.60. The first-order chi connectivity index (χ1) is 25.2. The van der Waals surface area contributed by atoms with Crippen molar-refractivity contribution in [2.75, 3.05) is 52.3 Å². The number of sulfone groups is 1. The second-order valence-corrected chi connectivity index (χ2v) is 17.2. The molecular formula is C40H52ClN3O8S. The Morgan fingerprint density at radius 3 is 2.51 bits per heavy atom. The third kappa shape index (κ3) is 10.1. The Labute approximate surface area is 318 Å². The molecule has 288 valence electrons. The minimum Gasteiger partial charge on any atom is -0.488 e. The number of likely N-dealkylation sites (tertiary alicyclic amines) is 1. The summed E-state index contributed by atoms with van der Waals surface area (Å²) in [6.07, 6.45) is 11.4. The fourth-order valence-corrected chi connectivity index (χ4v) is 7.46. The van der Waals surface area contributed by atoms with Gasteiger partial charge in [-0.05, 0) is 49.1 Å². The first kappa shape index (κ1) is 40.8. The molecule has 2 heterocycles. The molecule has 3 aromatic rings. The predicted octanol–water partition coefficient (Wildman–Crippen LogP) is 4.82. The quantitative estimate of drug-likeness (QED) is 0.132. The second-order valence-electron chi connectivity index (χ2n) is 14.8. The molecule has 1 aromatic heterocycles. The molecule has 1 unspecified atom stereocenters. The van der Waals surface area contributed by atoms with Gasteiger partial charge in [-0.25, -0.2) is 8.42 Å². The monoisotopic (exact) mass is 769 g/mol. The lowest BCUT2D eigenvalue weighted by molar-refractivity contribution is -0.0926. The van der Waals surface area contributed by atoms with Gasteiger partial charge in [-0.3, -0.25) is 4.98 Å². The summed E-state index contributed by atoms with van der Waals surface area (Å²) in [5.74, 6) is 0.764. The van der Waals surface area contributed by atoms with Crippen LogP contribution in [0, 0.1) is 5.41 Å². The van der Waals surface area contributed by atoms with Gasteiger partial charge >= 0.3 is 0 Å². The molecular weight excluding hydrogens is 718 g/mol. The van der Waals surface area contributed by atoms with Crippen LogP contribution in [-0.4, -0.2) is 103 Å². The van der Waals surface area contributed by atoms with E-state index < -0.39 is 26.4 Å². The zero-order valence-corrected chi connectivity index (χ0v) is 32.5. The van der Waals surface area contributed by atoms with Crippen LogP contribution in [0.4, 0.5) is 0 Å². The molecule has 13 heteroatoms. The SMILES string of the molecule is CC(CO)(CO)NCc1cc(Cl)c(OC[C@@]2(OCCCN3CCC(O)C3)C=CC=C(c3ccccc3)C2(C)C)cc1OCc1cncc(S(C)(=O)=O)c1. The van der Waals surface area contributed by atoms with Gasteiger partial charge in [0.2, 0.25) is 0 Å². The number of aliphatic hydroxyl groups is 3. The third-order valence-electron chi connectivity index (χ3n) is 10.2. The standard InChI is InChI=1S/C40H52ClN3O8S/c1-38(2)34(30-10-6-5-7-11-30)12-8-14-40(38,52-17-9-15-44-16-13-32(47)24-44)28-51-37-20-36(31(19-35(37)41)22-43-39(3,26-45)27-46)50-25-29-18-33(23-42-21-29)53(4,48)49/h5-8,10-12,14,18-21,23,32,43,45-47H,9,13,15-17,22,24-28H2,1-4H3/t32?,40-/m0/s1. The van der Waals surface area contributed by atoms with Gasteiger partial charge in [0, 0.05) is 74.0 Å². The van der Waals surface area contributed by atoms with Gasteiger partial charge in [0.25, 0.3) is 0 Å². The molecule has 0 bridgehead atoms. The molecule has 53 heavy (non-hydrogen) atoms. The molecule has 4 N–H and O–H groups in total. The summed E-state index contributed by atoms with van der Waals surface area (Å²) in [5, 5.41) is 33.2. The molecule has 0 saturated carbocycles. The van der Waals surface area contributed by atoms with Crippen LogP contribution in [0.3, 0.4) is 0 Å². The van der Waals surface area contributed by atoms with Crippen molar-refractivity contribution in [2.45, 2.75) is 68.9 Å². The van der Waals surface area contributed by atoms with Gasteiger partial charge in [0.05, 0.1) is 34.8 Å². The van der Waals surface area contributed by atoms with Gasteiger partial charge in [0.1, 0.15) is 30.3 Å². The number of nitrogens with zero attached hydrogens (tertiary/aromatic N) is 2. The van der Waals surface area contributed by atoms with E-state index in [4.69, 9.17) is 25.8 Å². The Morgan fingerprint density at radius 2 is 1.83 bits per heavy atom. The highest BCUT2D eigenvalue weighted by molar-refractivity contribution is 7.90. The molecule has 2 atom stereocenters. The lowest BCUT2D eigenvalue weighted by atomic mass is 9.65. The summed E-state index contributed by atoms with van der Waals surface area (Å²) in [4.78, 5) is 6.42. The minimum absolute atomic E-state index is 0.00376. The number of aliphatic hydroxyl groups excluding tert-OH is 3.